The lowest BCUT2D eigenvalue weighted by Gasteiger charge is -2.04. The van der Waals surface area contributed by atoms with Crippen LogP contribution in [0.1, 0.15) is 71.6 Å². The van der Waals surface area contributed by atoms with Crippen LogP contribution in [0.5, 0.6) is 0 Å². The third-order valence-corrected chi connectivity index (χ3v) is 2.84. The van der Waals surface area contributed by atoms with E-state index in [-0.39, 0.29) is 0 Å². The molecule has 0 spiro atoms. The molecule has 0 rings (SSSR count). The largest absolute Gasteiger partial charge is 0.457 e. The second kappa shape index (κ2) is 12.5. The minimum Gasteiger partial charge on any atom is -0.457 e. The lowest BCUT2D eigenvalue weighted by Crippen LogP contribution is -1.91. The van der Waals surface area contributed by atoms with Gasteiger partial charge < -0.3 is 4.74 Å². The Morgan fingerprint density at radius 1 is 0.875 bits per heavy atom. The Hall–Kier alpha value is -0.530. The van der Waals surface area contributed by atoms with Gasteiger partial charge >= 0.3 is 6.47 Å². The maximum absolute atomic E-state index is 9.74. The van der Waals surface area contributed by atoms with Crippen molar-refractivity contribution in [3.63, 3.8) is 0 Å². The van der Waals surface area contributed by atoms with Crippen molar-refractivity contribution in [3.05, 3.63) is 0 Å². The monoisotopic (exact) mass is 227 g/mol. The van der Waals surface area contributed by atoms with Crippen LogP contribution in [-0.2, 0) is 9.53 Å². The molecule has 2 nitrogen and oxygen atoms in total. The lowest BCUT2D eigenvalue weighted by molar-refractivity contribution is 0.268. The zero-order valence-corrected chi connectivity index (χ0v) is 11.0. The molecule has 0 aromatic rings. The summed E-state index contributed by atoms with van der Waals surface area (Å²) in [6, 6.07) is 0. The van der Waals surface area contributed by atoms with Crippen LogP contribution in [0.25, 0.3) is 0 Å². The molecule has 0 aromatic heterocycles. The summed E-state index contributed by atoms with van der Waals surface area (Å²) in [5, 5.41) is 0. The molecule has 0 aromatic carbocycles. The Bertz CT molecular complexity index is 144. The van der Waals surface area contributed by atoms with Crippen molar-refractivity contribution in [3.8, 4) is 0 Å². The topological polar surface area (TPSA) is 26.3 Å². The normalized spacial score (nSPS) is 10.7. The van der Waals surface area contributed by atoms with Gasteiger partial charge in [-0.1, -0.05) is 65.2 Å². The quantitative estimate of drug-likeness (QED) is 0.466. The van der Waals surface area contributed by atoms with Crippen LogP contribution in [0.2, 0.25) is 0 Å². The minimum absolute atomic E-state index is 0.540. The van der Waals surface area contributed by atoms with Crippen molar-refractivity contribution < 1.29 is 9.53 Å². The summed E-state index contributed by atoms with van der Waals surface area (Å²) in [5.74, 6) is 0.856. The number of hydrogen-bond donors (Lipinski definition) is 0. The molecule has 0 bridgehead atoms. The van der Waals surface area contributed by atoms with Gasteiger partial charge in [0.25, 0.3) is 0 Å². The number of rotatable bonds is 12. The first-order valence-electron chi connectivity index (χ1n) is 6.76. The van der Waals surface area contributed by atoms with Crippen LogP contribution < -0.4 is 0 Å². The van der Waals surface area contributed by atoms with Gasteiger partial charge in [0.15, 0.2) is 0 Å². The predicted molar refractivity (Wildman–Crippen MR) is 68.0 cm³/mol. The second-order valence-electron chi connectivity index (χ2n) is 4.94. The summed E-state index contributed by atoms with van der Waals surface area (Å²) in [4.78, 5) is 9.74. The Labute approximate surface area is 101 Å². The van der Waals surface area contributed by atoms with Crippen LogP contribution in [-0.4, -0.2) is 13.1 Å². The minimum atomic E-state index is 0.540. The Balaban J connectivity index is 2.90. The summed E-state index contributed by atoms with van der Waals surface area (Å²) < 4.78 is 4.51. The molecule has 0 aliphatic rings. The molecule has 2 heteroatoms. The first kappa shape index (κ1) is 15.5. The molecule has 0 saturated carbocycles. The summed E-state index contributed by atoms with van der Waals surface area (Å²) in [6.07, 6.45) is 11.7. The Kier molecular flexibility index (Phi) is 12.1. The highest BCUT2D eigenvalue weighted by atomic mass is 16.5. The van der Waals surface area contributed by atoms with Gasteiger partial charge in [-0.2, -0.15) is 0 Å². The second-order valence-corrected chi connectivity index (χ2v) is 4.94. The molecule has 0 amide bonds. The zero-order valence-electron chi connectivity index (χ0n) is 11.0. The fraction of sp³-hybridized carbons (Fsp3) is 0.929. The highest BCUT2D eigenvalue weighted by molar-refractivity contribution is 5.37. The van der Waals surface area contributed by atoms with Gasteiger partial charge in [0.2, 0.25) is 0 Å². The molecular formula is C14H27O2. The van der Waals surface area contributed by atoms with Crippen LogP contribution >= 0.6 is 0 Å². The molecule has 95 valence electrons. The molecule has 0 saturated heterocycles. The van der Waals surface area contributed by atoms with Crippen molar-refractivity contribution in [1.29, 1.82) is 0 Å². The molecule has 1 radical (unpaired) electrons. The van der Waals surface area contributed by atoms with Crippen LogP contribution in [0.15, 0.2) is 0 Å². The molecule has 0 unspecified atom stereocenters. The smallest absolute Gasteiger partial charge is 0.417 e. The van der Waals surface area contributed by atoms with E-state index in [1.54, 1.807) is 0 Å². The van der Waals surface area contributed by atoms with Gasteiger partial charge in [0.1, 0.15) is 0 Å². The molecule has 0 atom stereocenters. The summed E-state index contributed by atoms with van der Waals surface area (Å²) in [7, 11) is 0. The van der Waals surface area contributed by atoms with E-state index < -0.39 is 0 Å². The number of ether oxygens (including phenoxy) is 1. The molecular weight excluding hydrogens is 200 g/mol. The zero-order chi connectivity index (χ0) is 12.1. The molecule has 0 aliphatic carbocycles. The number of hydrogen-bond acceptors (Lipinski definition) is 2. The lowest BCUT2D eigenvalue weighted by atomic mass is 10.0. The third kappa shape index (κ3) is 13.5. The van der Waals surface area contributed by atoms with E-state index in [0.29, 0.717) is 6.61 Å². The van der Waals surface area contributed by atoms with E-state index >= 15 is 0 Å². The number of carbonyl (C=O) groups excluding carboxylic acids is 1. The van der Waals surface area contributed by atoms with Crippen LogP contribution in [0.4, 0.5) is 0 Å². The first-order valence-corrected chi connectivity index (χ1v) is 6.76. The fourth-order valence-electron chi connectivity index (χ4n) is 1.83. The first-order chi connectivity index (χ1) is 7.77. The summed E-state index contributed by atoms with van der Waals surface area (Å²) >= 11 is 0. The van der Waals surface area contributed by atoms with E-state index in [1.165, 1.54) is 57.8 Å². The molecule has 0 heterocycles. The maximum Gasteiger partial charge on any atom is 0.417 e. The van der Waals surface area contributed by atoms with Crippen LogP contribution in [0, 0.1) is 5.92 Å². The van der Waals surface area contributed by atoms with Crippen molar-refractivity contribution >= 4 is 6.47 Å². The molecule has 16 heavy (non-hydrogen) atoms. The van der Waals surface area contributed by atoms with Crippen molar-refractivity contribution in [1.82, 2.24) is 0 Å². The molecule has 0 fully saturated rings. The summed E-state index contributed by atoms with van der Waals surface area (Å²) in [5.41, 5.74) is 0. The highest BCUT2D eigenvalue weighted by Gasteiger charge is 1.95. The van der Waals surface area contributed by atoms with Crippen molar-refractivity contribution in [2.24, 2.45) is 5.92 Å². The van der Waals surface area contributed by atoms with Gasteiger partial charge in [0.05, 0.1) is 6.61 Å². The van der Waals surface area contributed by atoms with Gasteiger partial charge in [-0.05, 0) is 12.3 Å². The molecule has 0 N–H and O–H groups in total. The third-order valence-electron chi connectivity index (χ3n) is 2.84. The van der Waals surface area contributed by atoms with E-state index in [4.69, 9.17) is 0 Å². The average molecular weight is 227 g/mol. The number of unbranched alkanes of at least 4 members (excludes halogenated alkanes) is 7. The van der Waals surface area contributed by atoms with Gasteiger partial charge in [-0.15, -0.1) is 0 Å². The van der Waals surface area contributed by atoms with Gasteiger partial charge in [-0.3, -0.25) is 0 Å². The average Bonchev–Trinajstić information content (AvgIpc) is 2.25. The Morgan fingerprint density at radius 2 is 1.38 bits per heavy atom. The van der Waals surface area contributed by atoms with E-state index in [2.05, 4.69) is 18.6 Å². The Morgan fingerprint density at radius 3 is 1.88 bits per heavy atom. The van der Waals surface area contributed by atoms with Gasteiger partial charge in [-0.25, -0.2) is 4.79 Å². The fourth-order valence-corrected chi connectivity index (χ4v) is 1.83. The predicted octanol–water partition coefficient (Wildman–Crippen LogP) is 4.24. The molecule has 0 aliphatic heterocycles. The summed E-state index contributed by atoms with van der Waals surface area (Å²) in [6.45, 7) is 6.57. The standard InChI is InChI=1S/C14H27O2/c1-14(2)11-9-7-5-3-4-6-8-10-12-16-13-15/h14H,3-12H2,1-2H3. The van der Waals surface area contributed by atoms with E-state index in [9.17, 15) is 4.79 Å². The SMILES string of the molecule is CC(C)CCCCCCCCCCO[C]=O. The van der Waals surface area contributed by atoms with E-state index in [0.717, 1.165) is 12.3 Å². The maximum atomic E-state index is 9.74. The van der Waals surface area contributed by atoms with Gasteiger partial charge in [0, 0.05) is 0 Å². The van der Waals surface area contributed by atoms with Crippen molar-refractivity contribution in [2.75, 3.05) is 6.61 Å². The van der Waals surface area contributed by atoms with Crippen LogP contribution in [0.3, 0.4) is 0 Å². The van der Waals surface area contributed by atoms with Crippen molar-refractivity contribution in [2.45, 2.75) is 71.6 Å². The highest BCUT2D eigenvalue weighted by Crippen LogP contribution is 2.12. The van der Waals surface area contributed by atoms with E-state index in [1.807, 2.05) is 0 Å².